The molecule has 0 amide bonds. The van der Waals surface area contributed by atoms with Crippen molar-refractivity contribution in [1.82, 2.24) is 0 Å². The first-order valence-corrected chi connectivity index (χ1v) is 20.9. The van der Waals surface area contributed by atoms with Crippen LogP contribution in [-0.2, 0) is 10.8 Å². The molecule has 5 aliphatic rings. The molecule has 266 valence electrons. The molecular weight excluding hydrogens is 655 g/mol. The number of furan rings is 1. The monoisotopic (exact) mass is 701 g/mol. The molecule has 2 spiro atoms. The summed E-state index contributed by atoms with van der Waals surface area (Å²) in [6, 6.07) is 49.0. The van der Waals surface area contributed by atoms with E-state index in [1.54, 1.807) is 11.1 Å². The Morgan fingerprint density at radius 3 is 2.20 bits per heavy atom. The van der Waals surface area contributed by atoms with Gasteiger partial charge >= 0.3 is 0 Å². The van der Waals surface area contributed by atoms with E-state index in [1.165, 1.54) is 120 Å². The number of hydrogen-bond acceptors (Lipinski definition) is 2. The number of anilines is 3. The molecule has 2 nitrogen and oxygen atoms in total. The van der Waals surface area contributed by atoms with Gasteiger partial charge in [-0.2, -0.15) is 0 Å². The zero-order valence-electron chi connectivity index (χ0n) is 31.3. The predicted molar refractivity (Wildman–Crippen MR) is 223 cm³/mol. The fourth-order valence-corrected chi connectivity index (χ4v) is 13.2. The Morgan fingerprint density at radius 1 is 0.593 bits per heavy atom. The van der Waals surface area contributed by atoms with Gasteiger partial charge in [-0.3, -0.25) is 0 Å². The van der Waals surface area contributed by atoms with E-state index in [9.17, 15) is 0 Å². The lowest BCUT2D eigenvalue weighted by atomic mass is 9.50. The summed E-state index contributed by atoms with van der Waals surface area (Å²) in [6.45, 7) is 2.47. The second kappa shape index (κ2) is 11.5. The number of fused-ring (bicyclic) bond motifs is 16. The van der Waals surface area contributed by atoms with Crippen molar-refractivity contribution >= 4 is 39.0 Å². The van der Waals surface area contributed by atoms with Gasteiger partial charge in [-0.05, 0) is 125 Å². The molecule has 2 bridgehead atoms. The minimum Gasteiger partial charge on any atom is -0.456 e. The Labute approximate surface area is 318 Å². The maximum absolute atomic E-state index is 6.59. The second-order valence-corrected chi connectivity index (χ2v) is 17.4. The van der Waals surface area contributed by atoms with Crippen LogP contribution in [0, 0.1) is 17.8 Å². The van der Waals surface area contributed by atoms with E-state index in [0.29, 0.717) is 11.8 Å². The second-order valence-electron chi connectivity index (χ2n) is 17.4. The molecule has 0 saturated heterocycles. The maximum Gasteiger partial charge on any atom is 0.137 e. The minimum absolute atomic E-state index is 0.0567. The van der Waals surface area contributed by atoms with Gasteiger partial charge in [0.15, 0.2) is 0 Å². The summed E-state index contributed by atoms with van der Waals surface area (Å²) in [5.74, 6) is 2.21. The van der Waals surface area contributed by atoms with E-state index < -0.39 is 0 Å². The van der Waals surface area contributed by atoms with E-state index in [0.717, 1.165) is 22.8 Å². The summed E-state index contributed by atoms with van der Waals surface area (Å²) in [6.07, 6.45) is 13.1. The lowest BCUT2D eigenvalue weighted by Gasteiger charge is -2.54. The highest BCUT2D eigenvalue weighted by Gasteiger charge is 2.56. The van der Waals surface area contributed by atoms with Gasteiger partial charge in [-0.25, -0.2) is 0 Å². The number of para-hydroxylation sites is 1. The van der Waals surface area contributed by atoms with Gasteiger partial charge in [0.25, 0.3) is 0 Å². The summed E-state index contributed by atoms with van der Waals surface area (Å²) >= 11 is 0. The van der Waals surface area contributed by atoms with Crippen LogP contribution in [0.1, 0.15) is 93.4 Å². The average molecular weight is 702 g/mol. The third-order valence-corrected chi connectivity index (χ3v) is 15.1. The fourth-order valence-electron chi connectivity index (χ4n) is 13.2. The van der Waals surface area contributed by atoms with E-state index in [-0.39, 0.29) is 10.8 Å². The zero-order valence-corrected chi connectivity index (χ0v) is 31.3. The van der Waals surface area contributed by atoms with Crippen LogP contribution in [0.5, 0.6) is 0 Å². The largest absolute Gasteiger partial charge is 0.456 e. The van der Waals surface area contributed by atoms with E-state index in [4.69, 9.17) is 4.42 Å². The van der Waals surface area contributed by atoms with Crippen molar-refractivity contribution in [2.75, 3.05) is 4.90 Å². The Morgan fingerprint density at radius 2 is 1.31 bits per heavy atom. The molecular formula is C52H47NO. The summed E-state index contributed by atoms with van der Waals surface area (Å²) in [7, 11) is 0. The molecule has 12 rings (SSSR count). The summed E-state index contributed by atoms with van der Waals surface area (Å²) < 4.78 is 6.59. The van der Waals surface area contributed by atoms with Crippen molar-refractivity contribution in [3.8, 4) is 22.3 Å². The maximum atomic E-state index is 6.59. The van der Waals surface area contributed by atoms with E-state index in [2.05, 4.69) is 139 Å². The molecule has 5 aliphatic carbocycles. The van der Waals surface area contributed by atoms with Gasteiger partial charge < -0.3 is 9.32 Å². The SMILES string of the molecule is CCC1CC2CCCC(C2)C12c1ccccc1-c1ccc(N(c3ccc4c(c3)oc3ccccc34)c3cccc4c3-c3ccccc3C43CCCC3)cc12. The molecule has 6 aromatic carbocycles. The van der Waals surface area contributed by atoms with Gasteiger partial charge in [0.2, 0.25) is 0 Å². The highest BCUT2D eigenvalue weighted by Crippen LogP contribution is 2.66. The molecule has 0 N–H and O–H groups in total. The Balaban J connectivity index is 1.13. The van der Waals surface area contributed by atoms with Crippen LogP contribution < -0.4 is 4.90 Å². The van der Waals surface area contributed by atoms with Gasteiger partial charge in [-0.15, -0.1) is 0 Å². The van der Waals surface area contributed by atoms with Gasteiger partial charge in [0, 0.05) is 44.6 Å². The molecule has 0 aliphatic heterocycles. The lowest BCUT2D eigenvalue weighted by Crippen LogP contribution is -2.48. The van der Waals surface area contributed by atoms with Crippen LogP contribution in [0.25, 0.3) is 44.2 Å². The standard InChI is InChI=1S/C52H47NO/c1-2-34-29-33-13-11-14-35(30-33)52(34)44-19-7-3-15-38(44)39-25-23-36(31-46(39)52)53(37-24-26-41-40-16-5-8-22-48(40)54-49(41)32-37)47-21-12-20-45-50(47)42-17-4-6-18-43(42)51(45)27-9-10-28-51/h3-8,12,15-26,31-35H,2,9-11,13-14,27-30H2,1H3. The zero-order chi connectivity index (χ0) is 35.6. The topological polar surface area (TPSA) is 16.4 Å². The van der Waals surface area contributed by atoms with Crippen molar-refractivity contribution in [3.63, 3.8) is 0 Å². The third kappa shape index (κ3) is 4.02. The Hall–Kier alpha value is -5.08. The number of nitrogens with zero attached hydrogens (tertiary/aromatic N) is 1. The first kappa shape index (κ1) is 31.3. The molecule has 3 fully saturated rings. The fraction of sp³-hybridized carbons (Fsp3) is 0.308. The number of rotatable bonds is 4. The first-order chi connectivity index (χ1) is 26.7. The highest BCUT2D eigenvalue weighted by atomic mass is 16.3. The van der Waals surface area contributed by atoms with E-state index in [1.807, 2.05) is 0 Å². The number of hydrogen-bond donors (Lipinski definition) is 0. The molecule has 7 aromatic rings. The van der Waals surface area contributed by atoms with E-state index >= 15 is 0 Å². The third-order valence-electron chi connectivity index (χ3n) is 15.1. The molecule has 54 heavy (non-hydrogen) atoms. The predicted octanol–water partition coefficient (Wildman–Crippen LogP) is 14.4. The van der Waals surface area contributed by atoms with Crippen molar-refractivity contribution < 1.29 is 4.42 Å². The Kier molecular flexibility index (Phi) is 6.64. The van der Waals surface area contributed by atoms with Gasteiger partial charge in [0.1, 0.15) is 11.2 Å². The highest BCUT2D eigenvalue weighted by molar-refractivity contribution is 6.06. The first-order valence-electron chi connectivity index (χ1n) is 20.9. The van der Waals surface area contributed by atoms with Crippen molar-refractivity contribution in [1.29, 1.82) is 0 Å². The summed E-state index contributed by atoms with van der Waals surface area (Å²) in [5.41, 5.74) is 17.7. The molecule has 2 heteroatoms. The van der Waals surface area contributed by atoms with Gasteiger partial charge in [0.05, 0.1) is 5.69 Å². The van der Waals surface area contributed by atoms with Crippen LogP contribution in [-0.4, -0.2) is 0 Å². The van der Waals surface area contributed by atoms with Crippen LogP contribution >= 0.6 is 0 Å². The average Bonchev–Trinajstić information content (AvgIpc) is 3.99. The van der Waals surface area contributed by atoms with Crippen LogP contribution in [0.3, 0.4) is 0 Å². The molecule has 4 unspecified atom stereocenters. The van der Waals surface area contributed by atoms with Crippen LogP contribution in [0.15, 0.2) is 132 Å². The molecule has 1 aromatic heterocycles. The van der Waals surface area contributed by atoms with Gasteiger partial charge in [-0.1, -0.05) is 124 Å². The normalized spacial score (nSPS) is 24.2. The van der Waals surface area contributed by atoms with Crippen molar-refractivity contribution in [3.05, 3.63) is 150 Å². The molecule has 0 radical (unpaired) electrons. The summed E-state index contributed by atoms with van der Waals surface area (Å²) in [4.78, 5) is 2.60. The lowest BCUT2D eigenvalue weighted by molar-refractivity contribution is 0.0557. The van der Waals surface area contributed by atoms with Crippen LogP contribution in [0.2, 0.25) is 0 Å². The minimum atomic E-state index is 0.0567. The quantitative estimate of drug-likeness (QED) is 0.182. The smallest absolute Gasteiger partial charge is 0.137 e. The summed E-state index contributed by atoms with van der Waals surface area (Å²) in [5, 5.41) is 2.35. The van der Waals surface area contributed by atoms with Crippen LogP contribution in [0.4, 0.5) is 17.1 Å². The Bertz CT molecular complexity index is 2630. The number of benzene rings is 6. The molecule has 4 atom stereocenters. The van der Waals surface area contributed by atoms with Crippen molar-refractivity contribution in [2.24, 2.45) is 17.8 Å². The molecule has 1 heterocycles. The molecule has 3 saturated carbocycles. The van der Waals surface area contributed by atoms with Crippen molar-refractivity contribution in [2.45, 2.75) is 82.0 Å².